The predicted molar refractivity (Wildman–Crippen MR) is 90.3 cm³/mol. The molecule has 1 aliphatic heterocycles. The van der Waals surface area contributed by atoms with Crippen LogP contribution in [0.25, 0.3) is 0 Å². The molecule has 23 heavy (non-hydrogen) atoms. The summed E-state index contributed by atoms with van der Waals surface area (Å²) in [6, 6.07) is 15.6. The van der Waals surface area contributed by atoms with Crippen molar-refractivity contribution >= 4 is 5.71 Å². The number of benzene rings is 1. The van der Waals surface area contributed by atoms with Crippen molar-refractivity contribution in [1.82, 2.24) is 4.98 Å². The normalized spacial score (nSPS) is 19.5. The van der Waals surface area contributed by atoms with E-state index in [2.05, 4.69) is 9.98 Å². The van der Waals surface area contributed by atoms with E-state index in [9.17, 15) is 5.11 Å². The number of ether oxygens (including phenoxy) is 1. The van der Waals surface area contributed by atoms with Crippen molar-refractivity contribution in [2.24, 2.45) is 10.4 Å². The molecule has 1 aliphatic rings. The Bertz CT molecular complexity index is 705. The third kappa shape index (κ3) is 3.49. The Morgan fingerprint density at radius 3 is 2.52 bits per heavy atom. The first-order chi connectivity index (χ1) is 10.9. The lowest BCUT2D eigenvalue weighted by molar-refractivity contribution is 0.0589. The van der Waals surface area contributed by atoms with Gasteiger partial charge in [0.1, 0.15) is 6.10 Å². The quantitative estimate of drug-likeness (QED) is 0.941. The zero-order valence-corrected chi connectivity index (χ0v) is 13.7. The van der Waals surface area contributed by atoms with Gasteiger partial charge in [-0.15, -0.1) is 0 Å². The molecule has 0 radical (unpaired) electrons. The number of pyridine rings is 1. The van der Waals surface area contributed by atoms with Crippen molar-refractivity contribution in [3.05, 3.63) is 65.5 Å². The van der Waals surface area contributed by atoms with Gasteiger partial charge in [-0.1, -0.05) is 57.2 Å². The van der Waals surface area contributed by atoms with Crippen LogP contribution in [-0.4, -0.2) is 22.4 Å². The molecule has 1 N–H and O–H groups in total. The van der Waals surface area contributed by atoms with Gasteiger partial charge < -0.3 is 9.84 Å². The summed E-state index contributed by atoms with van der Waals surface area (Å²) in [6.45, 7) is 6.41. The van der Waals surface area contributed by atoms with Gasteiger partial charge >= 0.3 is 0 Å². The number of aliphatic imine (C=N–C) groups is 1. The van der Waals surface area contributed by atoms with E-state index >= 15 is 0 Å². The second-order valence-corrected chi connectivity index (χ2v) is 6.87. The fourth-order valence-electron chi connectivity index (χ4n) is 2.51. The summed E-state index contributed by atoms with van der Waals surface area (Å²) in [6.07, 6.45) is -0.889. The van der Waals surface area contributed by atoms with Gasteiger partial charge in [0, 0.05) is 5.56 Å². The maximum absolute atomic E-state index is 10.4. The average Bonchev–Trinajstić information content (AvgIpc) is 3.04. The van der Waals surface area contributed by atoms with Crippen LogP contribution >= 0.6 is 0 Å². The van der Waals surface area contributed by atoms with Gasteiger partial charge in [-0.2, -0.15) is 0 Å². The first-order valence-electron chi connectivity index (χ1n) is 7.84. The second-order valence-electron chi connectivity index (χ2n) is 6.87. The van der Waals surface area contributed by atoms with Gasteiger partial charge in [-0.3, -0.25) is 0 Å². The van der Waals surface area contributed by atoms with Crippen LogP contribution in [0.3, 0.4) is 0 Å². The fraction of sp³-hybridized carbons (Fsp3) is 0.368. The highest BCUT2D eigenvalue weighted by Crippen LogP contribution is 2.32. The molecule has 3 rings (SSSR count). The zero-order valence-electron chi connectivity index (χ0n) is 13.7. The van der Waals surface area contributed by atoms with E-state index in [-0.39, 0.29) is 11.6 Å². The lowest BCUT2D eigenvalue weighted by atomic mass is 9.87. The summed E-state index contributed by atoms with van der Waals surface area (Å²) < 4.78 is 5.77. The Balaban J connectivity index is 1.86. The molecule has 2 heterocycles. The van der Waals surface area contributed by atoms with Crippen molar-refractivity contribution in [2.75, 3.05) is 6.61 Å². The van der Waals surface area contributed by atoms with E-state index in [0.29, 0.717) is 12.3 Å². The van der Waals surface area contributed by atoms with Crippen molar-refractivity contribution in [3.8, 4) is 0 Å². The first kappa shape index (κ1) is 15.8. The van der Waals surface area contributed by atoms with E-state index < -0.39 is 6.10 Å². The van der Waals surface area contributed by atoms with Crippen LogP contribution in [0.1, 0.15) is 50.1 Å². The number of hydrogen-bond donors (Lipinski definition) is 1. The molecule has 1 unspecified atom stereocenters. The summed E-state index contributed by atoms with van der Waals surface area (Å²) in [7, 11) is 0. The van der Waals surface area contributed by atoms with Crippen LogP contribution in [0.2, 0.25) is 0 Å². The first-order valence-corrected chi connectivity index (χ1v) is 7.84. The Morgan fingerprint density at radius 1 is 1.09 bits per heavy atom. The number of aliphatic hydroxyl groups excluding tert-OH is 1. The molecule has 0 aliphatic carbocycles. The lowest BCUT2D eigenvalue weighted by Gasteiger charge is -2.25. The topological polar surface area (TPSA) is 54.7 Å². The SMILES string of the molecule is CC(C)(C)[C@H](O)c1cccc(C2=NC(c3ccccc3)OC2)n1. The maximum Gasteiger partial charge on any atom is 0.175 e. The monoisotopic (exact) mass is 310 g/mol. The number of rotatable bonds is 3. The number of aliphatic hydroxyl groups is 1. The molecule has 1 aromatic heterocycles. The van der Waals surface area contributed by atoms with Crippen LogP contribution in [0.5, 0.6) is 0 Å². The molecule has 0 saturated heterocycles. The van der Waals surface area contributed by atoms with Crippen LogP contribution in [-0.2, 0) is 4.74 Å². The summed E-state index contributed by atoms with van der Waals surface area (Å²) in [4.78, 5) is 9.23. The minimum Gasteiger partial charge on any atom is -0.386 e. The van der Waals surface area contributed by atoms with Gasteiger partial charge in [0.2, 0.25) is 0 Å². The number of nitrogens with zero attached hydrogens (tertiary/aromatic N) is 2. The minimum absolute atomic E-state index is 0.258. The third-order valence-electron chi connectivity index (χ3n) is 3.90. The van der Waals surface area contributed by atoms with E-state index in [0.717, 1.165) is 17.0 Å². The Morgan fingerprint density at radius 2 is 1.83 bits per heavy atom. The molecule has 4 nitrogen and oxygen atoms in total. The molecule has 2 atom stereocenters. The van der Waals surface area contributed by atoms with Gasteiger partial charge in [-0.25, -0.2) is 9.98 Å². The molecule has 4 heteroatoms. The summed E-state index contributed by atoms with van der Waals surface area (Å²) in [5.41, 5.74) is 3.03. The summed E-state index contributed by atoms with van der Waals surface area (Å²) >= 11 is 0. The minimum atomic E-state index is -0.615. The van der Waals surface area contributed by atoms with Crippen LogP contribution in [0.15, 0.2) is 53.5 Å². The predicted octanol–water partition coefficient (Wildman–Crippen LogP) is 3.68. The van der Waals surface area contributed by atoms with Gasteiger partial charge in [0.05, 0.1) is 23.7 Å². The van der Waals surface area contributed by atoms with Crippen molar-refractivity contribution in [3.63, 3.8) is 0 Å². The molecule has 2 aromatic rings. The van der Waals surface area contributed by atoms with Crippen molar-refractivity contribution < 1.29 is 9.84 Å². The van der Waals surface area contributed by atoms with E-state index in [4.69, 9.17) is 4.74 Å². The number of hydrogen-bond acceptors (Lipinski definition) is 4. The molecule has 0 bridgehead atoms. The average molecular weight is 310 g/mol. The highest BCUT2D eigenvalue weighted by atomic mass is 16.5. The molecule has 120 valence electrons. The zero-order chi connectivity index (χ0) is 16.4. The third-order valence-corrected chi connectivity index (χ3v) is 3.90. The molecular formula is C19H22N2O2. The van der Waals surface area contributed by atoms with Gasteiger partial charge in [0.15, 0.2) is 6.23 Å². The molecular weight excluding hydrogens is 288 g/mol. The molecule has 1 aromatic carbocycles. The Hall–Kier alpha value is -2.04. The largest absolute Gasteiger partial charge is 0.386 e. The second kappa shape index (κ2) is 6.22. The van der Waals surface area contributed by atoms with E-state index in [1.165, 1.54) is 0 Å². The Kier molecular flexibility index (Phi) is 4.28. The number of aromatic nitrogens is 1. The highest BCUT2D eigenvalue weighted by Gasteiger charge is 2.26. The van der Waals surface area contributed by atoms with Crippen molar-refractivity contribution in [1.29, 1.82) is 0 Å². The van der Waals surface area contributed by atoms with E-state index in [1.54, 1.807) is 0 Å². The van der Waals surface area contributed by atoms with Crippen LogP contribution in [0, 0.1) is 5.41 Å². The summed E-state index contributed by atoms with van der Waals surface area (Å²) in [5, 5.41) is 10.4. The van der Waals surface area contributed by atoms with Crippen molar-refractivity contribution in [2.45, 2.75) is 33.1 Å². The standard InChI is InChI=1S/C19H22N2O2/c1-19(2,3)17(22)15-11-7-10-14(20-15)16-12-23-18(21-16)13-8-5-4-6-9-13/h4-11,17-18,22H,12H2,1-3H3/t17-,18?/m1/s1. The smallest absolute Gasteiger partial charge is 0.175 e. The molecule has 0 fully saturated rings. The van der Waals surface area contributed by atoms with E-state index in [1.807, 2.05) is 69.3 Å². The maximum atomic E-state index is 10.4. The fourth-order valence-corrected chi connectivity index (χ4v) is 2.51. The van der Waals surface area contributed by atoms with Crippen LogP contribution in [0.4, 0.5) is 0 Å². The molecule has 0 spiro atoms. The van der Waals surface area contributed by atoms with Crippen LogP contribution < -0.4 is 0 Å². The van der Waals surface area contributed by atoms with Gasteiger partial charge in [-0.05, 0) is 17.5 Å². The Labute approximate surface area is 136 Å². The van der Waals surface area contributed by atoms with Gasteiger partial charge in [0.25, 0.3) is 0 Å². The molecule has 0 amide bonds. The summed E-state index contributed by atoms with van der Waals surface area (Å²) in [5.74, 6) is 0. The molecule has 0 saturated carbocycles. The highest BCUT2D eigenvalue weighted by molar-refractivity contribution is 6.00. The lowest BCUT2D eigenvalue weighted by Crippen LogP contribution is -2.20.